The first-order chi connectivity index (χ1) is 15.4. The second-order valence-corrected chi connectivity index (χ2v) is 8.67. The summed E-state index contributed by atoms with van der Waals surface area (Å²) in [6, 6.07) is 15.1. The van der Waals surface area contributed by atoms with Gasteiger partial charge in [-0.05, 0) is 34.9 Å². The third-order valence-electron chi connectivity index (χ3n) is 6.45. The molecule has 0 aromatic heterocycles. The molecule has 2 aromatic carbocycles. The zero-order valence-electron chi connectivity index (χ0n) is 17.8. The largest absolute Gasteiger partial charge is 0.376 e. The molecule has 7 nitrogen and oxygen atoms in total. The molecule has 7 heteroatoms. The Morgan fingerprint density at radius 2 is 1.56 bits per heavy atom. The summed E-state index contributed by atoms with van der Waals surface area (Å²) in [4.78, 5) is 41.6. The van der Waals surface area contributed by atoms with Crippen LogP contribution in [0.15, 0.2) is 48.5 Å². The number of allylic oxidation sites excluding steroid dienone is 1. The van der Waals surface area contributed by atoms with Gasteiger partial charge in [0.25, 0.3) is 5.91 Å². The summed E-state index contributed by atoms with van der Waals surface area (Å²) >= 11 is 0. The molecule has 1 aliphatic carbocycles. The first-order valence-corrected chi connectivity index (χ1v) is 10.8. The van der Waals surface area contributed by atoms with Gasteiger partial charge < -0.3 is 20.3 Å². The molecule has 0 spiro atoms. The molecule has 5 rings (SSSR count). The molecule has 32 heavy (non-hydrogen) atoms. The Morgan fingerprint density at radius 3 is 2.22 bits per heavy atom. The predicted octanol–water partition coefficient (Wildman–Crippen LogP) is 1.36. The van der Waals surface area contributed by atoms with Crippen molar-refractivity contribution in [2.45, 2.75) is 12.0 Å². The number of benzene rings is 2. The van der Waals surface area contributed by atoms with Crippen LogP contribution >= 0.6 is 0 Å². The van der Waals surface area contributed by atoms with Crippen molar-refractivity contribution < 1.29 is 19.1 Å². The highest BCUT2D eigenvalue weighted by atomic mass is 16.5. The fourth-order valence-corrected chi connectivity index (χ4v) is 4.43. The number of rotatable bonds is 3. The van der Waals surface area contributed by atoms with Crippen LogP contribution in [0.3, 0.4) is 0 Å². The Morgan fingerprint density at radius 1 is 0.906 bits per heavy atom. The minimum Gasteiger partial charge on any atom is -0.376 e. The third-order valence-corrected chi connectivity index (χ3v) is 6.45. The molecule has 0 unspecified atom stereocenters. The molecule has 2 aromatic rings. The van der Waals surface area contributed by atoms with Crippen LogP contribution in [0, 0.1) is 0 Å². The van der Waals surface area contributed by atoms with Gasteiger partial charge in [-0.15, -0.1) is 0 Å². The van der Waals surface area contributed by atoms with Crippen molar-refractivity contribution >= 4 is 29.2 Å². The topological polar surface area (TPSA) is 92.9 Å². The average molecular weight is 431 g/mol. The number of carbonyl (C=O) groups excluding carboxylic acids is 3. The summed E-state index contributed by atoms with van der Waals surface area (Å²) in [5.74, 6) is -0.0994. The van der Waals surface area contributed by atoms with Gasteiger partial charge in [0.15, 0.2) is 5.78 Å². The summed E-state index contributed by atoms with van der Waals surface area (Å²) < 4.78 is 5.08. The fraction of sp³-hybridized carbons (Fsp3) is 0.320. The van der Waals surface area contributed by atoms with Crippen LogP contribution in [0.2, 0.25) is 0 Å². The number of fused-ring (bicyclic) bond motifs is 1. The maximum atomic E-state index is 13.0. The van der Waals surface area contributed by atoms with Crippen molar-refractivity contribution in [1.29, 1.82) is 0 Å². The zero-order chi connectivity index (χ0) is 22.3. The second-order valence-electron chi connectivity index (χ2n) is 8.67. The quantitative estimate of drug-likeness (QED) is 0.792. The molecule has 2 N–H and O–H groups in total. The van der Waals surface area contributed by atoms with E-state index in [0.717, 1.165) is 16.7 Å². The van der Waals surface area contributed by atoms with Crippen LogP contribution in [0.1, 0.15) is 27.0 Å². The lowest BCUT2D eigenvalue weighted by molar-refractivity contribution is -0.155. The van der Waals surface area contributed by atoms with Crippen LogP contribution in [-0.4, -0.2) is 72.3 Å². The molecular formula is C25H25N3O4. The van der Waals surface area contributed by atoms with Gasteiger partial charge in [0.1, 0.15) is 5.54 Å². The summed E-state index contributed by atoms with van der Waals surface area (Å²) in [5.41, 5.74) is 9.29. The highest BCUT2D eigenvalue weighted by molar-refractivity contribution is 6.27. The van der Waals surface area contributed by atoms with E-state index >= 15 is 0 Å². The van der Waals surface area contributed by atoms with Crippen molar-refractivity contribution in [3.8, 4) is 0 Å². The van der Waals surface area contributed by atoms with Crippen LogP contribution in [-0.2, 0) is 20.7 Å². The minimum atomic E-state index is -0.909. The minimum absolute atomic E-state index is 0.0765. The smallest absolute Gasteiger partial charge is 0.253 e. The molecule has 2 fully saturated rings. The van der Waals surface area contributed by atoms with E-state index in [0.29, 0.717) is 43.7 Å². The maximum Gasteiger partial charge on any atom is 0.253 e. The number of nitrogens with two attached hydrogens (primary N) is 1. The number of Topliss-reactive ketones (excluding diaryl/α,β-unsaturated/α-hetero) is 1. The third kappa shape index (κ3) is 3.63. The van der Waals surface area contributed by atoms with E-state index in [1.807, 2.05) is 42.5 Å². The summed E-state index contributed by atoms with van der Waals surface area (Å²) in [7, 11) is 0. The second kappa shape index (κ2) is 8.00. The van der Waals surface area contributed by atoms with Gasteiger partial charge in [0.2, 0.25) is 5.91 Å². The number of hydrogen-bond acceptors (Lipinski definition) is 5. The van der Waals surface area contributed by atoms with Gasteiger partial charge in [-0.2, -0.15) is 0 Å². The fourth-order valence-electron chi connectivity index (χ4n) is 4.43. The number of ketones is 1. The highest BCUT2D eigenvalue weighted by Gasteiger charge is 2.45. The lowest BCUT2D eigenvalue weighted by atomic mass is 9.87. The molecule has 3 aliphatic rings. The maximum absolute atomic E-state index is 13.0. The average Bonchev–Trinajstić information content (AvgIpc) is 2.81. The summed E-state index contributed by atoms with van der Waals surface area (Å²) in [6.45, 7) is 2.35. The highest BCUT2D eigenvalue weighted by Crippen LogP contribution is 2.28. The van der Waals surface area contributed by atoms with Crippen LogP contribution in [0.4, 0.5) is 0 Å². The van der Waals surface area contributed by atoms with Gasteiger partial charge in [0.05, 0.1) is 13.2 Å². The van der Waals surface area contributed by atoms with Crippen molar-refractivity contribution in [1.82, 2.24) is 9.80 Å². The first kappa shape index (κ1) is 20.6. The number of carbonyl (C=O) groups is 3. The van der Waals surface area contributed by atoms with Gasteiger partial charge in [0, 0.05) is 43.7 Å². The van der Waals surface area contributed by atoms with Crippen molar-refractivity contribution in [3.05, 3.63) is 70.8 Å². The van der Waals surface area contributed by atoms with Gasteiger partial charge in [-0.1, -0.05) is 36.4 Å². The Balaban J connectivity index is 1.25. The van der Waals surface area contributed by atoms with E-state index in [-0.39, 0.29) is 30.8 Å². The molecule has 2 amide bonds. The Hall–Kier alpha value is -3.29. The van der Waals surface area contributed by atoms with E-state index in [1.54, 1.807) is 21.9 Å². The van der Waals surface area contributed by atoms with Gasteiger partial charge in [-0.3, -0.25) is 14.4 Å². The van der Waals surface area contributed by atoms with Gasteiger partial charge >= 0.3 is 0 Å². The molecule has 0 radical (unpaired) electrons. The number of amides is 2. The van der Waals surface area contributed by atoms with Crippen LogP contribution in [0.25, 0.3) is 11.6 Å². The molecule has 164 valence electrons. The molecule has 0 saturated carbocycles. The molecule has 2 saturated heterocycles. The number of hydrogen-bond donors (Lipinski definition) is 1. The number of piperazine rings is 1. The van der Waals surface area contributed by atoms with Crippen molar-refractivity contribution in [3.63, 3.8) is 0 Å². The number of ether oxygens (including phenoxy) is 1. The monoisotopic (exact) mass is 431 g/mol. The normalized spacial score (nSPS) is 19.7. The molecule has 2 heterocycles. The van der Waals surface area contributed by atoms with E-state index in [2.05, 4.69) is 0 Å². The Kier molecular flexibility index (Phi) is 5.15. The molecule has 2 aliphatic heterocycles. The number of nitrogens with zero attached hydrogens (tertiary/aromatic N) is 2. The lowest BCUT2D eigenvalue weighted by Crippen LogP contribution is -2.68. The van der Waals surface area contributed by atoms with Gasteiger partial charge in [-0.25, -0.2) is 0 Å². The van der Waals surface area contributed by atoms with E-state index in [9.17, 15) is 14.4 Å². The standard InChI is InChI=1S/C25H25N3O4/c26-25(15-32-16-25)24(31)28-11-9-27(10-12-28)23(30)18-7-5-17(6-8-18)21-13-19-3-1-2-4-20(19)14-22(21)29/h1-8,13H,9-12,14-16,26H2. The summed E-state index contributed by atoms with van der Waals surface area (Å²) in [5, 5.41) is 0. The predicted molar refractivity (Wildman–Crippen MR) is 120 cm³/mol. The Labute approximate surface area is 186 Å². The molecule has 0 atom stereocenters. The van der Waals surface area contributed by atoms with Crippen molar-refractivity contribution in [2.24, 2.45) is 5.73 Å². The van der Waals surface area contributed by atoms with Crippen LogP contribution < -0.4 is 5.73 Å². The van der Waals surface area contributed by atoms with Crippen molar-refractivity contribution in [2.75, 3.05) is 39.4 Å². The summed E-state index contributed by atoms with van der Waals surface area (Å²) in [6.07, 6.45) is 2.31. The zero-order valence-corrected chi connectivity index (χ0v) is 17.8. The first-order valence-electron chi connectivity index (χ1n) is 10.8. The molecular weight excluding hydrogens is 406 g/mol. The lowest BCUT2D eigenvalue weighted by Gasteiger charge is -2.43. The van der Waals surface area contributed by atoms with E-state index in [1.165, 1.54) is 0 Å². The molecule has 0 bridgehead atoms. The van der Waals surface area contributed by atoms with E-state index in [4.69, 9.17) is 10.5 Å². The Bertz CT molecular complexity index is 1110. The SMILES string of the molecule is NC1(C(=O)N2CCN(C(=O)c3ccc(C4=Cc5ccccc5CC4=O)cc3)CC2)COC1. The van der Waals surface area contributed by atoms with Crippen LogP contribution in [0.5, 0.6) is 0 Å². The van der Waals surface area contributed by atoms with E-state index < -0.39 is 5.54 Å².